The zero-order valence-electron chi connectivity index (χ0n) is 6.79. The summed E-state index contributed by atoms with van der Waals surface area (Å²) in [6, 6.07) is 4.52. The van der Waals surface area contributed by atoms with Crippen molar-refractivity contribution in [2.45, 2.75) is 0 Å². The maximum Gasteiger partial charge on any atom is 0.140 e. The van der Waals surface area contributed by atoms with Gasteiger partial charge in [0.25, 0.3) is 0 Å². The normalized spacial score (nSPS) is 10.2. The van der Waals surface area contributed by atoms with Crippen molar-refractivity contribution in [1.82, 2.24) is 9.97 Å². The third-order valence-corrected chi connectivity index (χ3v) is 1.75. The van der Waals surface area contributed by atoms with Gasteiger partial charge in [-0.25, -0.2) is 9.37 Å². The minimum Gasteiger partial charge on any atom is -0.399 e. The third-order valence-electron chi connectivity index (χ3n) is 1.75. The molecule has 1 heterocycles. The van der Waals surface area contributed by atoms with E-state index in [1.165, 1.54) is 6.07 Å². The Balaban J connectivity index is 2.53. The van der Waals surface area contributed by atoms with Crippen LogP contribution >= 0.6 is 0 Å². The number of anilines is 1. The fourth-order valence-electron chi connectivity index (χ4n) is 1.14. The highest BCUT2D eigenvalue weighted by Gasteiger charge is 2.06. The molecule has 2 rings (SSSR count). The molecule has 0 atom stereocenters. The van der Waals surface area contributed by atoms with Crippen LogP contribution in [0.3, 0.4) is 0 Å². The summed E-state index contributed by atoms with van der Waals surface area (Å²) in [5.41, 5.74) is 6.25. The molecule has 0 spiro atoms. The molecular weight excluding hydrogens is 169 g/mol. The average molecular weight is 177 g/mol. The van der Waals surface area contributed by atoms with E-state index < -0.39 is 0 Å². The highest BCUT2D eigenvalue weighted by molar-refractivity contribution is 5.59. The first-order chi connectivity index (χ1) is 6.27. The van der Waals surface area contributed by atoms with Crippen LogP contribution in [-0.4, -0.2) is 9.97 Å². The monoisotopic (exact) mass is 177 g/mol. The molecule has 0 amide bonds. The smallest absolute Gasteiger partial charge is 0.140 e. The fourth-order valence-corrected chi connectivity index (χ4v) is 1.14. The van der Waals surface area contributed by atoms with Crippen molar-refractivity contribution < 1.29 is 4.39 Å². The number of imidazole rings is 1. The molecule has 3 nitrogen and oxygen atoms in total. The number of halogens is 1. The van der Waals surface area contributed by atoms with Crippen molar-refractivity contribution in [2.75, 3.05) is 5.73 Å². The van der Waals surface area contributed by atoms with Crippen LogP contribution in [-0.2, 0) is 0 Å². The Morgan fingerprint density at radius 2 is 2.23 bits per heavy atom. The van der Waals surface area contributed by atoms with E-state index in [0.29, 0.717) is 17.1 Å². The van der Waals surface area contributed by atoms with E-state index in [0.717, 1.165) is 0 Å². The van der Waals surface area contributed by atoms with Gasteiger partial charge in [0, 0.05) is 18.1 Å². The van der Waals surface area contributed by atoms with Gasteiger partial charge in [-0.1, -0.05) is 0 Å². The first kappa shape index (κ1) is 7.79. The summed E-state index contributed by atoms with van der Waals surface area (Å²) in [5, 5.41) is 0. The van der Waals surface area contributed by atoms with Gasteiger partial charge in [-0.2, -0.15) is 0 Å². The van der Waals surface area contributed by atoms with Crippen molar-refractivity contribution in [3.63, 3.8) is 0 Å². The molecule has 2 aromatic rings. The molecule has 1 aromatic carbocycles. The highest BCUT2D eigenvalue weighted by Crippen LogP contribution is 2.20. The number of aromatic amines is 1. The van der Waals surface area contributed by atoms with Crippen molar-refractivity contribution in [3.8, 4) is 11.4 Å². The molecule has 66 valence electrons. The summed E-state index contributed by atoms with van der Waals surface area (Å²) >= 11 is 0. The summed E-state index contributed by atoms with van der Waals surface area (Å²) < 4.78 is 13.3. The van der Waals surface area contributed by atoms with E-state index in [4.69, 9.17) is 5.73 Å². The van der Waals surface area contributed by atoms with Crippen molar-refractivity contribution in [1.29, 1.82) is 0 Å². The summed E-state index contributed by atoms with van der Waals surface area (Å²) in [5.74, 6) is 0.146. The summed E-state index contributed by atoms with van der Waals surface area (Å²) in [6.45, 7) is 0. The van der Waals surface area contributed by atoms with E-state index >= 15 is 0 Å². The van der Waals surface area contributed by atoms with Gasteiger partial charge < -0.3 is 10.7 Å². The van der Waals surface area contributed by atoms with E-state index in [9.17, 15) is 4.39 Å². The van der Waals surface area contributed by atoms with Gasteiger partial charge in [0.2, 0.25) is 0 Å². The molecule has 0 bridgehead atoms. The number of nitrogens with zero attached hydrogens (tertiary/aromatic N) is 1. The molecule has 0 radical (unpaired) electrons. The Kier molecular flexibility index (Phi) is 1.73. The Hall–Kier alpha value is -1.84. The molecule has 0 aliphatic heterocycles. The lowest BCUT2D eigenvalue weighted by Gasteiger charge is -1.99. The number of nitrogen functional groups attached to an aromatic ring is 1. The van der Waals surface area contributed by atoms with Crippen LogP contribution in [0.25, 0.3) is 11.4 Å². The lowest BCUT2D eigenvalue weighted by atomic mass is 10.2. The Morgan fingerprint density at radius 3 is 2.85 bits per heavy atom. The van der Waals surface area contributed by atoms with E-state index in [-0.39, 0.29) is 5.82 Å². The molecule has 0 aliphatic carbocycles. The molecule has 4 heteroatoms. The molecular formula is C9H8FN3. The SMILES string of the molecule is Nc1ccc(-c2ncc[nH]2)c(F)c1. The number of nitrogens with two attached hydrogens (primary N) is 1. The topological polar surface area (TPSA) is 54.7 Å². The second-order valence-electron chi connectivity index (χ2n) is 2.68. The Bertz CT molecular complexity index is 409. The minimum atomic E-state index is -0.366. The molecule has 0 fully saturated rings. The first-order valence-corrected chi connectivity index (χ1v) is 3.82. The van der Waals surface area contributed by atoms with Gasteiger partial charge >= 0.3 is 0 Å². The quantitative estimate of drug-likeness (QED) is 0.652. The van der Waals surface area contributed by atoms with Crippen LogP contribution in [0.15, 0.2) is 30.6 Å². The second kappa shape index (κ2) is 2.90. The Labute approximate surface area is 74.4 Å². The zero-order chi connectivity index (χ0) is 9.26. The van der Waals surface area contributed by atoms with Crippen molar-refractivity contribution in [3.05, 3.63) is 36.4 Å². The zero-order valence-corrected chi connectivity index (χ0v) is 6.79. The van der Waals surface area contributed by atoms with Crippen LogP contribution in [0.4, 0.5) is 10.1 Å². The van der Waals surface area contributed by atoms with Gasteiger partial charge in [0.05, 0.1) is 5.56 Å². The average Bonchev–Trinajstić information content (AvgIpc) is 2.56. The number of hydrogen-bond acceptors (Lipinski definition) is 2. The number of nitrogens with one attached hydrogen (secondary N) is 1. The lowest BCUT2D eigenvalue weighted by molar-refractivity contribution is 0.631. The molecule has 0 saturated carbocycles. The molecule has 0 saturated heterocycles. The predicted octanol–water partition coefficient (Wildman–Crippen LogP) is 1.80. The summed E-state index contributed by atoms with van der Waals surface area (Å²) in [4.78, 5) is 6.76. The van der Waals surface area contributed by atoms with E-state index in [2.05, 4.69) is 9.97 Å². The molecule has 0 unspecified atom stereocenters. The molecule has 13 heavy (non-hydrogen) atoms. The van der Waals surface area contributed by atoms with Gasteiger partial charge in [0.1, 0.15) is 11.6 Å². The maximum atomic E-state index is 13.3. The Morgan fingerprint density at radius 1 is 1.38 bits per heavy atom. The van der Waals surface area contributed by atoms with Crippen LogP contribution in [0, 0.1) is 5.82 Å². The number of rotatable bonds is 1. The van der Waals surface area contributed by atoms with Crippen LogP contribution in [0.5, 0.6) is 0 Å². The highest BCUT2D eigenvalue weighted by atomic mass is 19.1. The lowest BCUT2D eigenvalue weighted by Crippen LogP contribution is -1.90. The molecule has 0 aliphatic rings. The van der Waals surface area contributed by atoms with Gasteiger partial charge in [0.15, 0.2) is 0 Å². The minimum absolute atomic E-state index is 0.366. The first-order valence-electron chi connectivity index (χ1n) is 3.82. The van der Waals surface area contributed by atoms with E-state index in [1.807, 2.05) is 0 Å². The predicted molar refractivity (Wildman–Crippen MR) is 48.4 cm³/mol. The molecule has 3 N–H and O–H groups in total. The fraction of sp³-hybridized carbons (Fsp3) is 0. The number of H-pyrrole nitrogens is 1. The number of hydrogen-bond donors (Lipinski definition) is 2. The third kappa shape index (κ3) is 1.38. The van der Waals surface area contributed by atoms with Crippen molar-refractivity contribution in [2.24, 2.45) is 0 Å². The van der Waals surface area contributed by atoms with Gasteiger partial charge in [-0.15, -0.1) is 0 Å². The maximum absolute atomic E-state index is 13.3. The summed E-state index contributed by atoms with van der Waals surface area (Å²) in [6.07, 6.45) is 3.22. The van der Waals surface area contributed by atoms with Gasteiger partial charge in [-0.05, 0) is 18.2 Å². The summed E-state index contributed by atoms with van der Waals surface area (Å²) in [7, 11) is 0. The van der Waals surface area contributed by atoms with Crippen LogP contribution in [0.1, 0.15) is 0 Å². The largest absolute Gasteiger partial charge is 0.399 e. The number of benzene rings is 1. The standard InChI is InChI=1S/C9H8FN3/c10-8-5-6(11)1-2-7(8)9-12-3-4-13-9/h1-5H,11H2,(H,12,13). The van der Waals surface area contributed by atoms with Gasteiger partial charge in [-0.3, -0.25) is 0 Å². The second-order valence-corrected chi connectivity index (χ2v) is 2.68. The number of aromatic nitrogens is 2. The van der Waals surface area contributed by atoms with Crippen molar-refractivity contribution >= 4 is 5.69 Å². The van der Waals surface area contributed by atoms with Crippen LogP contribution < -0.4 is 5.73 Å². The van der Waals surface area contributed by atoms with Crippen LogP contribution in [0.2, 0.25) is 0 Å². The molecule has 1 aromatic heterocycles. The van der Waals surface area contributed by atoms with E-state index in [1.54, 1.807) is 24.5 Å².